The third kappa shape index (κ3) is 1.65. The topological polar surface area (TPSA) is 43.4 Å². The predicted molar refractivity (Wildman–Crippen MR) is 59.6 cm³/mol. The maximum absolute atomic E-state index is 12.0. The van der Waals surface area contributed by atoms with Crippen molar-refractivity contribution in [3.63, 3.8) is 0 Å². The second kappa shape index (κ2) is 3.44. The Bertz CT molecular complexity index is 279. The molecule has 0 bridgehead atoms. The van der Waals surface area contributed by atoms with E-state index in [9.17, 15) is 9.59 Å². The van der Waals surface area contributed by atoms with E-state index in [1.165, 1.54) is 0 Å². The number of hydrogen-bond donors (Lipinski definition) is 0. The zero-order valence-electron chi connectivity index (χ0n) is 10.4. The van der Waals surface area contributed by atoms with E-state index < -0.39 is 17.7 Å². The Hall–Kier alpha value is -0.635. The maximum atomic E-state index is 12.0. The van der Waals surface area contributed by atoms with Crippen LogP contribution in [0.3, 0.4) is 0 Å². The van der Waals surface area contributed by atoms with Crippen LogP contribution in [0, 0.1) is 10.8 Å². The Labute approximate surface area is 91.7 Å². The molecule has 1 rings (SSSR count). The first-order valence-electron chi connectivity index (χ1n) is 5.36. The van der Waals surface area contributed by atoms with Crippen LogP contribution in [-0.2, 0) is 14.2 Å². The molecular formula is C11H19BO3. The van der Waals surface area contributed by atoms with Gasteiger partial charge in [-0.3, -0.25) is 0 Å². The van der Waals surface area contributed by atoms with Crippen molar-refractivity contribution in [2.45, 2.75) is 47.6 Å². The van der Waals surface area contributed by atoms with Crippen molar-refractivity contribution in [1.82, 2.24) is 0 Å². The van der Waals surface area contributed by atoms with E-state index in [-0.39, 0.29) is 17.5 Å². The highest BCUT2D eigenvalue weighted by Crippen LogP contribution is 2.46. The van der Waals surface area contributed by atoms with Gasteiger partial charge in [-0.15, -0.1) is 0 Å². The van der Waals surface area contributed by atoms with Crippen molar-refractivity contribution in [1.29, 1.82) is 0 Å². The van der Waals surface area contributed by atoms with Gasteiger partial charge in [-0.2, -0.15) is 0 Å². The Morgan fingerprint density at radius 1 is 1.00 bits per heavy atom. The van der Waals surface area contributed by atoms with Crippen molar-refractivity contribution < 1.29 is 14.2 Å². The molecule has 0 aromatic carbocycles. The molecule has 84 valence electrons. The second-order valence-electron chi connectivity index (χ2n) is 5.54. The van der Waals surface area contributed by atoms with Crippen molar-refractivity contribution in [2.24, 2.45) is 10.8 Å². The molecule has 3 nitrogen and oxygen atoms in total. The first kappa shape index (κ1) is 12.4. The fraction of sp³-hybridized carbons (Fsp3) is 0.818. The van der Waals surface area contributed by atoms with Gasteiger partial charge >= 0.3 is 6.92 Å². The Morgan fingerprint density at radius 3 is 1.60 bits per heavy atom. The summed E-state index contributed by atoms with van der Waals surface area (Å²) in [7, 11) is 0. The minimum atomic E-state index is -0.866. The molecule has 15 heavy (non-hydrogen) atoms. The SMILES string of the molecule is CC(C)OB1C(=O)C(C)(C)C(C)(C)C1=O. The summed E-state index contributed by atoms with van der Waals surface area (Å²) in [4.78, 5) is 24.1. The van der Waals surface area contributed by atoms with Crippen LogP contribution in [-0.4, -0.2) is 24.4 Å². The summed E-state index contributed by atoms with van der Waals surface area (Å²) in [6.07, 6.45) is -0.104. The van der Waals surface area contributed by atoms with Crippen LogP contribution in [0.1, 0.15) is 41.5 Å². The summed E-state index contributed by atoms with van der Waals surface area (Å²) in [5.74, 6) is 0. The second-order valence-corrected chi connectivity index (χ2v) is 5.54. The smallest absolute Gasteiger partial charge is 0.421 e. The molecular weight excluding hydrogens is 191 g/mol. The fourth-order valence-electron chi connectivity index (χ4n) is 1.79. The number of rotatable bonds is 2. The molecule has 1 fully saturated rings. The largest absolute Gasteiger partial charge is 0.443 e. The van der Waals surface area contributed by atoms with E-state index in [1.807, 2.05) is 41.5 Å². The summed E-state index contributed by atoms with van der Waals surface area (Å²) >= 11 is 0. The average Bonchev–Trinajstić information content (AvgIpc) is 2.18. The van der Waals surface area contributed by atoms with E-state index in [2.05, 4.69) is 0 Å². The molecule has 1 aliphatic rings. The lowest BCUT2D eigenvalue weighted by molar-refractivity contribution is -0.129. The Balaban J connectivity index is 3.07. The van der Waals surface area contributed by atoms with Gasteiger partial charge in [0.15, 0.2) is 0 Å². The van der Waals surface area contributed by atoms with E-state index in [1.54, 1.807) is 0 Å². The zero-order chi connectivity index (χ0) is 12.0. The Morgan fingerprint density at radius 2 is 1.33 bits per heavy atom. The molecule has 0 saturated carbocycles. The number of hydrogen-bond acceptors (Lipinski definition) is 3. The molecule has 0 spiro atoms. The van der Waals surface area contributed by atoms with E-state index in [4.69, 9.17) is 4.65 Å². The van der Waals surface area contributed by atoms with Gasteiger partial charge in [0.05, 0.1) is 0 Å². The van der Waals surface area contributed by atoms with Crippen LogP contribution >= 0.6 is 0 Å². The minimum Gasteiger partial charge on any atom is -0.421 e. The van der Waals surface area contributed by atoms with Gasteiger partial charge < -0.3 is 14.2 Å². The fourth-order valence-corrected chi connectivity index (χ4v) is 1.79. The van der Waals surface area contributed by atoms with Crippen molar-refractivity contribution in [3.8, 4) is 0 Å². The number of carbonyl (C=O) groups excluding carboxylic acids is 2. The standard InChI is InChI=1S/C11H19BO3/c1-7(2)15-12-8(13)10(3,4)11(5,6)9(12)14/h7H,1-6H3. The summed E-state index contributed by atoms with van der Waals surface area (Å²) in [6, 6.07) is 0. The highest BCUT2D eigenvalue weighted by Gasteiger charge is 2.63. The van der Waals surface area contributed by atoms with Crippen LogP contribution in [0.5, 0.6) is 0 Å². The van der Waals surface area contributed by atoms with Crippen LogP contribution < -0.4 is 0 Å². The van der Waals surface area contributed by atoms with Crippen LogP contribution in [0.2, 0.25) is 0 Å². The summed E-state index contributed by atoms with van der Waals surface area (Å²) in [5.41, 5.74) is -1.45. The average molecular weight is 210 g/mol. The lowest BCUT2D eigenvalue weighted by Gasteiger charge is -2.31. The van der Waals surface area contributed by atoms with Crippen LogP contribution in [0.15, 0.2) is 0 Å². The minimum absolute atomic E-state index is 0.0915. The highest BCUT2D eigenvalue weighted by molar-refractivity contribution is 7.10. The maximum Gasteiger partial charge on any atom is 0.443 e. The van der Waals surface area contributed by atoms with Crippen LogP contribution in [0.4, 0.5) is 0 Å². The molecule has 1 heterocycles. The molecule has 0 aliphatic carbocycles. The summed E-state index contributed by atoms with van der Waals surface area (Å²) in [5, 5.41) is 0. The molecule has 0 unspecified atom stereocenters. The van der Waals surface area contributed by atoms with Crippen molar-refractivity contribution >= 4 is 18.3 Å². The molecule has 4 heteroatoms. The molecule has 0 atom stereocenters. The van der Waals surface area contributed by atoms with Gasteiger partial charge in [-0.25, -0.2) is 0 Å². The normalized spacial score (nSPS) is 24.1. The van der Waals surface area contributed by atoms with Gasteiger partial charge in [0, 0.05) is 16.9 Å². The van der Waals surface area contributed by atoms with Crippen LogP contribution in [0.25, 0.3) is 0 Å². The lowest BCUT2D eigenvalue weighted by Crippen LogP contribution is -2.37. The van der Waals surface area contributed by atoms with Gasteiger partial charge in [-0.05, 0) is 13.8 Å². The van der Waals surface area contributed by atoms with Crippen molar-refractivity contribution in [3.05, 3.63) is 0 Å². The quantitative estimate of drug-likeness (QED) is 0.651. The zero-order valence-corrected chi connectivity index (χ0v) is 10.4. The van der Waals surface area contributed by atoms with Gasteiger partial charge in [0.25, 0.3) is 0 Å². The third-order valence-corrected chi connectivity index (χ3v) is 3.68. The molecule has 0 aromatic rings. The first-order chi connectivity index (χ1) is 6.62. The van der Waals surface area contributed by atoms with Crippen molar-refractivity contribution in [2.75, 3.05) is 0 Å². The molecule has 0 radical (unpaired) electrons. The van der Waals surface area contributed by atoms with E-state index in [0.717, 1.165) is 0 Å². The molecule has 0 N–H and O–H groups in total. The third-order valence-electron chi connectivity index (χ3n) is 3.68. The van der Waals surface area contributed by atoms with E-state index >= 15 is 0 Å². The molecule has 1 saturated heterocycles. The van der Waals surface area contributed by atoms with Gasteiger partial charge in [0.2, 0.25) is 0 Å². The summed E-state index contributed by atoms with van der Waals surface area (Å²) in [6.45, 7) is 10.1. The summed E-state index contributed by atoms with van der Waals surface area (Å²) < 4.78 is 5.41. The number of carbonyl (C=O) groups is 2. The van der Waals surface area contributed by atoms with Gasteiger partial charge in [-0.1, -0.05) is 27.7 Å². The molecule has 0 amide bonds. The highest BCUT2D eigenvalue weighted by atomic mass is 16.5. The molecule has 1 aliphatic heterocycles. The lowest BCUT2D eigenvalue weighted by atomic mass is 9.61. The molecule has 0 aromatic heterocycles. The Kier molecular flexibility index (Phi) is 2.85. The van der Waals surface area contributed by atoms with E-state index in [0.29, 0.717) is 0 Å². The van der Waals surface area contributed by atoms with Gasteiger partial charge in [0.1, 0.15) is 11.4 Å². The first-order valence-corrected chi connectivity index (χ1v) is 5.36. The predicted octanol–water partition coefficient (Wildman–Crippen LogP) is 1.69. The monoisotopic (exact) mass is 210 g/mol.